The summed E-state index contributed by atoms with van der Waals surface area (Å²) in [6.07, 6.45) is 2.64. The number of hydrogen-bond acceptors (Lipinski definition) is 3. The van der Waals surface area contributed by atoms with Crippen LogP contribution in [0.4, 0.5) is 8.78 Å². The molecule has 6 heteroatoms. The minimum atomic E-state index is -3.75. The Morgan fingerprint density at radius 3 is 2.35 bits per heavy atom. The van der Waals surface area contributed by atoms with Crippen molar-refractivity contribution in [3.8, 4) is 0 Å². The number of halogens is 2. The average Bonchev–Trinajstić information content (AvgIpc) is 2.90. The first kappa shape index (κ1) is 12.4. The van der Waals surface area contributed by atoms with Crippen molar-refractivity contribution in [3.63, 3.8) is 0 Å². The molecule has 0 aromatic heterocycles. The van der Waals surface area contributed by atoms with E-state index in [-0.39, 0.29) is 12.0 Å². The van der Waals surface area contributed by atoms with Crippen molar-refractivity contribution in [2.75, 3.05) is 6.26 Å². The summed E-state index contributed by atoms with van der Waals surface area (Å²) in [4.78, 5) is -0.611. The third-order valence-corrected chi connectivity index (χ3v) is 4.08. The predicted molar refractivity (Wildman–Crippen MR) is 59.3 cm³/mol. The molecule has 0 spiro atoms. The van der Waals surface area contributed by atoms with Gasteiger partial charge < -0.3 is 5.73 Å². The highest BCUT2D eigenvalue weighted by molar-refractivity contribution is 7.90. The van der Waals surface area contributed by atoms with E-state index in [1.807, 2.05) is 0 Å². The summed E-state index contributed by atoms with van der Waals surface area (Å²) in [7, 11) is -3.75. The molecule has 94 valence electrons. The Balaban J connectivity index is 2.42. The van der Waals surface area contributed by atoms with E-state index in [1.165, 1.54) is 6.07 Å². The van der Waals surface area contributed by atoms with Gasteiger partial charge in [0.25, 0.3) is 0 Å². The van der Waals surface area contributed by atoms with Crippen molar-refractivity contribution in [2.24, 2.45) is 5.73 Å². The summed E-state index contributed by atoms with van der Waals surface area (Å²) >= 11 is 0. The SMILES string of the molecule is CS(=O)(=O)c1ccc(CC2(N)CC2)c(F)c1F. The molecule has 2 rings (SSSR count). The first-order valence-corrected chi connectivity index (χ1v) is 7.08. The molecule has 2 N–H and O–H groups in total. The zero-order valence-electron chi connectivity index (χ0n) is 9.33. The maximum Gasteiger partial charge on any atom is 0.178 e. The van der Waals surface area contributed by atoms with E-state index in [1.54, 1.807) is 0 Å². The molecule has 0 bridgehead atoms. The Kier molecular flexibility index (Phi) is 2.74. The maximum absolute atomic E-state index is 13.7. The Morgan fingerprint density at radius 2 is 1.88 bits per heavy atom. The van der Waals surface area contributed by atoms with Crippen LogP contribution >= 0.6 is 0 Å². The molecule has 17 heavy (non-hydrogen) atoms. The van der Waals surface area contributed by atoms with Gasteiger partial charge in [0.1, 0.15) is 4.90 Å². The lowest BCUT2D eigenvalue weighted by Crippen LogP contribution is -2.25. The van der Waals surface area contributed by atoms with Crippen molar-refractivity contribution in [1.82, 2.24) is 0 Å². The van der Waals surface area contributed by atoms with E-state index in [0.29, 0.717) is 0 Å². The molecule has 0 saturated heterocycles. The number of sulfone groups is 1. The number of nitrogens with two attached hydrogens (primary N) is 1. The van der Waals surface area contributed by atoms with E-state index < -0.39 is 31.9 Å². The van der Waals surface area contributed by atoms with Crippen LogP contribution in [-0.4, -0.2) is 20.2 Å². The fraction of sp³-hybridized carbons (Fsp3) is 0.455. The van der Waals surface area contributed by atoms with E-state index in [9.17, 15) is 17.2 Å². The zero-order valence-corrected chi connectivity index (χ0v) is 10.2. The summed E-state index contributed by atoms with van der Waals surface area (Å²) in [5, 5.41) is 0. The Bertz CT molecular complexity index is 565. The fourth-order valence-electron chi connectivity index (χ4n) is 1.71. The minimum absolute atomic E-state index is 0.134. The lowest BCUT2D eigenvalue weighted by molar-refractivity contribution is 0.471. The van der Waals surface area contributed by atoms with Crippen LogP contribution < -0.4 is 5.73 Å². The highest BCUT2D eigenvalue weighted by Gasteiger charge is 2.39. The summed E-state index contributed by atoms with van der Waals surface area (Å²) in [5.41, 5.74) is 5.50. The Morgan fingerprint density at radius 1 is 1.29 bits per heavy atom. The summed E-state index contributed by atoms with van der Waals surface area (Å²) in [5.74, 6) is -2.42. The molecule has 1 fully saturated rings. The van der Waals surface area contributed by atoms with Crippen molar-refractivity contribution in [3.05, 3.63) is 29.3 Å². The third kappa shape index (κ3) is 2.47. The third-order valence-electron chi connectivity index (χ3n) is 2.96. The molecule has 0 amide bonds. The lowest BCUT2D eigenvalue weighted by atomic mass is 10.0. The normalized spacial score (nSPS) is 18.1. The van der Waals surface area contributed by atoms with Crippen LogP contribution in [0.5, 0.6) is 0 Å². The smallest absolute Gasteiger partial charge is 0.178 e. The maximum atomic E-state index is 13.7. The lowest BCUT2D eigenvalue weighted by Gasteiger charge is -2.11. The first-order chi connectivity index (χ1) is 7.73. The van der Waals surface area contributed by atoms with Crippen molar-refractivity contribution < 1.29 is 17.2 Å². The zero-order chi connectivity index (χ0) is 12.8. The molecule has 1 aromatic rings. The predicted octanol–water partition coefficient (Wildman–Crippen LogP) is 1.40. The van der Waals surface area contributed by atoms with E-state index >= 15 is 0 Å². The van der Waals surface area contributed by atoms with Crippen LogP contribution in [0.15, 0.2) is 17.0 Å². The number of benzene rings is 1. The molecule has 0 aliphatic heterocycles. The van der Waals surface area contributed by atoms with Gasteiger partial charge in [0, 0.05) is 11.8 Å². The van der Waals surface area contributed by atoms with Gasteiger partial charge in [0.05, 0.1) is 0 Å². The van der Waals surface area contributed by atoms with Gasteiger partial charge in [-0.3, -0.25) is 0 Å². The van der Waals surface area contributed by atoms with Crippen molar-refractivity contribution >= 4 is 9.84 Å². The van der Waals surface area contributed by atoms with Crippen LogP contribution in [-0.2, 0) is 16.3 Å². The van der Waals surface area contributed by atoms with E-state index in [2.05, 4.69) is 0 Å². The Hall–Kier alpha value is -1.01. The molecule has 1 aliphatic rings. The van der Waals surface area contributed by atoms with Gasteiger partial charge >= 0.3 is 0 Å². The monoisotopic (exact) mass is 261 g/mol. The van der Waals surface area contributed by atoms with Crippen LogP contribution in [0.2, 0.25) is 0 Å². The fourth-order valence-corrected chi connectivity index (χ4v) is 2.44. The minimum Gasteiger partial charge on any atom is -0.325 e. The second-order valence-electron chi connectivity index (χ2n) is 4.66. The topological polar surface area (TPSA) is 60.2 Å². The Labute approximate surface area is 98.5 Å². The van der Waals surface area contributed by atoms with E-state index in [4.69, 9.17) is 5.73 Å². The molecule has 1 aliphatic carbocycles. The summed E-state index contributed by atoms with van der Waals surface area (Å²) in [6.45, 7) is 0. The molecule has 0 heterocycles. The molecule has 3 nitrogen and oxygen atoms in total. The molecule has 0 unspecified atom stereocenters. The van der Waals surface area contributed by atoms with Gasteiger partial charge in [-0.2, -0.15) is 0 Å². The van der Waals surface area contributed by atoms with Gasteiger partial charge in [0.2, 0.25) is 0 Å². The molecule has 0 atom stereocenters. The highest BCUT2D eigenvalue weighted by atomic mass is 32.2. The molecule has 1 aromatic carbocycles. The van der Waals surface area contributed by atoms with Gasteiger partial charge in [-0.05, 0) is 30.9 Å². The number of rotatable bonds is 3. The van der Waals surface area contributed by atoms with Gasteiger partial charge in [-0.1, -0.05) is 6.07 Å². The van der Waals surface area contributed by atoms with Crippen LogP contribution in [0.25, 0.3) is 0 Å². The van der Waals surface area contributed by atoms with Crippen molar-refractivity contribution in [1.29, 1.82) is 0 Å². The first-order valence-electron chi connectivity index (χ1n) is 5.19. The van der Waals surface area contributed by atoms with Crippen LogP contribution in [0, 0.1) is 11.6 Å². The van der Waals surface area contributed by atoms with Crippen LogP contribution in [0.3, 0.4) is 0 Å². The van der Waals surface area contributed by atoms with Gasteiger partial charge in [-0.15, -0.1) is 0 Å². The van der Waals surface area contributed by atoms with E-state index in [0.717, 1.165) is 25.2 Å². The summed E-state index contributed by atoms with van der Waals surface area (Å²) in [6, 6.07) is 2.39. The molecular weight excluding hydrogens is 248 g/mol. The van der Waals surface area contributed by atoms with Crippen LogP contribution in [0.1, 0.15) is 18.4 Å². The largest absolute Gasteiger partial charge is 0.325 e. The standard InChI is InChI=1S/C11H13F2NO2S/c1-17(15,16)8-3-2-7(9(12)10(8)13)6-11(14)4-5-11/h2-3H,4-6,14H2,1H3. The molecular formula is C11H13F2NO2S. The molecule has 1 saturated carbocycles. The van der Waals surface area contributed by atoms with Gasteiger partial charge in [-0.25, -0.2) is 17.2 Å². The number of hydrogen-bond donors (Lipinski definition) is 1. The molecule has 0 radical (unpaired) electrons. The highest BCUT2D eigenvalue weighted by Crippen LogP contribution is 2.36. The summed E-state index contributed by atoms with van der Waals surface area (Å²) < 4.78 is 49.6. The second-order valence-corrected chi connectivity index (χ2v) is 6.65. The average molecular weight is 261 g/mol. The quantitative estimate of drug-likeness (QED) is 0.894. The van der Waals surface area contributed by atoms with Crippen molar-refractivity contribution in [2.45, 2.75) is 29.7 Å². The second kappa shape index (κ2) is 3.74. The van der Waals surface area contributed by atoms with Gasteiger partial charge in [0.15, 0.2) is 21.5 Å².